The van der Waals surface area contributed by atoms with E-state index >= 15 is 0 Å². The summed E-state index contributed by atoms with van der Waals surface area (Å²) in [5.74, 6) is 0.574. The summed E-state index contributed by atoms with van der Waals surface area (Å²) < 4.78 is 5.08. The van der Waals surface area contributed by atoms with Gasteiger partial charge in [-0.15, -0.1) is 0 Å². The summed E-state index contributed by atoms with van der Waals surface area (Å²) in [7, 11) is 1.51. The summed E-state index contributed by atoms with van der Waals surface area (Å²) in [6.45, 7) is 2.67. The van der Waals surface area contributed by atoms with Crippen molar-refractivity contribution in [3.05, 3.63) is 60.2 Å². The van der Waals surface area contributed by atoms with Gasteiger partial charge in [-0.05, 0) is 62.6 Å². The zero-order valence-corrected chi connectivity index (χ0v) is 18.7. The maximum atomic E-state index is 11.9. The number of amides is 1. The minimum Gasteiger partial charge on any atom is -0.504 e. The molecule has 0 bridgehead atoms. The number of carbonyl (C=O) groups is 1. The van der Waals surface area contributed by atoms with Gasteiger partial charge in [-0.1, -0.05) is 62.3 Å². The molecule has 0 unspecified atom stereocenters. The van der Waals surface area contributed by atoms with Gasteiger partial charge < -0.3 is 15.2 Å². The van der Waals surface area contributed by atoms with E-state index in [1.165, 1.54) is 32.8 Å². The number of nitrogens with one attached hydrogen (secondary N) is 1. The van der Waals surface area contributed by atoms with Crippen LogP contribution in [0.4, 0.5) is 0 Å². The number of hydrogen-bond acceptors (Lipinski definition) is 3. The Morgan fingerprint density at radius 1 is 0.967 bits per heavy atom. The van der Waals surface area contributed by atoms with Crippen molar-refractivity contribution in [2.45, 2.75) is 77.7 Å². The number of phenolic OH excluding ortho intramolecular Hbond substituents is 1. The first-order chi connectivity index (χ1) is 14.7. The van der Waals surface area contributed by atoms with Crippen LogP contribution in [0.25, 0.3) is 0 Å². The number of benzene rings is 1. The number of unbranched alkanes of at least 4 members (excludes halogenated alkanes) is 5. The Balaban J connectivity index is 2.02. The molecule has 1 aromatic carbocycles. The largest absolute Gasteiger partial charge is 0.504 e. The van der Waals surface area contributed by atoms with Gasteiger partial charge in [-0.25, -0.2) is 0 Å². The number of aromatic hydroxyl groups is 1. The van der Waals surface area contributed by atoms with Crippen LogP contribution in [0.5, 0.6) is 11.5 Å². The molecule has 0 aliphatic rings. The smallest absolute Gasteiger partial charge is 0.220 e. The Labute approximate surface area is 182 Å². The van der Waals surface area contributed by atoms with Gasteiger partial charge >= 0.3 is 0 Å². The molecule has 0 radical (unpaired) electrons. The molecule has 4 heteroatoms. The van der Waals surface area contributed by atoms with Crippen molar-refractivity contribution in [2.75, 3.05) is 7.11 Å². The molecule has 0 aromatic heterocycles. The van der Waals surface area contributed by atoms with Crippen molar-refractivity contribution >= 4 is 5.91 Å². The van der Waals surface area contributed by atoms with Crippen LogP contribution in [0.2, 0.25) is 0 Å². The van der Waals surface area contributed by atoms with Crippen molar-refractivity contribution in [3.8, 4) is 11.5 Å². The highest BCUT2D eigenvalue weighted by Gasteiger charge is 2.04. The molecule has 0 saturated heterocycles. The zero-order chi connectivity index (χ0) is 21.9. The summed E-state index contributed by atoms with van der Waals surface area (Å²) in [6, 6.07) is 5.09. The third-order valence-electron chi connectivity index (χ3n) is 4.78. The fourth-order valence-electron chi connectivity index (χ4n) is 2.96. The quantitative estimate of drug-likeness (QED) is 0.237. The first-order valence-electron chi connectivity index (χ1n) is 11.2. The van der Waals surface area contributed by atoms with Crippen LogP contribution >= 0.6 is 0 Å². The monoisotopic (exact) mass is 413 g/mol. The second-order valence-electron chi connectivity index (χ2n) is 7.41. The number of hydrogen-bond donors (Lipinski definition) is 2. The normalized spacial score (nSPS) is 11.7. The Bertz CT molecular complexity index is 677. The standard InChI is InChI=1S/C26H39NO3/c1-3-4-5-6-7-8-9-10-11-12-13-14-15-16-17-18-26(29)27-22-23-19-20-24(28)25(21-23)30-2/h7-8,10-11,13-14,19-21,28H,3-6,9,12,15-18,22H2,1-2H3,(H,27,29). The molecule has 0 aliphatic heterocycles. The lowest BCUT2D eigenvalue weighted by molar-refractivity contribution is -0.121. The molecule has 0 spiro atoms. The van der Waals surface area contributed by atoms with Crippen molar-refractivity contribution in [3.63, 3.8) is 0 Å². The van der Waals surface area contributed by atoms with E-state index in [1.807, 2.05) is 0 Å². The van der Waals surface area contributed by atoms with Crippen molar-refractivity contribution in [2.24, 2.45) is 0 Å². The van der Waals surface area contributed by atoms with Gasteiger partial charge in [0.2, 0.25) is 5.91 Å². The average molecular weight is 414 g/mol. The van der Waals surface area contributed by atoms with Crippen LogP contribution in [-0.4, -0.2) is 18.1 Å². The minimum absolute atomic E-state index is 0.0525. The third-order valence-corrected chi connectivity index (χ3v) is 4.78. The first kappa shape index (κ1) is 25.5. The SMILES string of the molecule is CCCCCC=CCC=CCC=CCCCCC(=O)NCc1ccc(O)c(OC)c1. The van der Waals surface area contributed by atoms with E-state index in [9.17, 15) is 9.90 Å². The lowest BCUT2D eigenvalue weighted by Crippen LogP contribution is -2.22. The van der Waals surface area contributed by atoms with Gasteiger partial charge in [0, 0.05) is 13.0 Å². The number of rotatable bonds is 16. The van der Waals surface area contributed by atoms with Gasteiger partial charge in [-0.2, -0.15) is 0 Å². The Morgan fingerprint density at radius 2 is 1.60 bits per heavy atom. The highest BCUT2D eigenvalue weighted by Crippen LogP contribution is 2.26. The predicted octanol–water partition coefficient (Wildman–Crippen LogP) is 6.61. The minimum atomic E-state index is 0.0525. The van der Waals surface area contributed by atoms with Crippen LogP contribution < -0.4 is 10.1 Å². The molecule has 0 heterocycles. The predicted molar refractivity (Wildman–Crippen MR) is 126 cm³/mol. The Kier molecular flexibility index (Phi) is 14.8. The summed E-state index contributed by atoms with van der Waals surface area (Å²) in [6.07, 6.45) is 23.9. The van der Waals surface area contributed by atoms with E-state index in [2.05, 4.69) is 48.7 Å². The topological polar surface area (TPSA) is 58.6 Å². The lowest BCUT2D eigenvalue weighted by atomic mass is 10.1. The van der Waals surface area contributed by atoms with Crippen LogP contribution in [0.15, 0.2) is 54.7 Å². The van der Waals surface area contributed by atoms with Crippen LogP contribution in [0.3, 0.4) is 0 Å². The summed E-state index contributed by atoms with van der Waals surface area (Å²) >= 11 is 0. The molecule has 166 valence electrons. The summed E-state index contributed by atoms with van der Waals surface area (Å²) in [4.78, 5) is 11.9. The molecule has 1 rings (SSSR count). The number of ether oxygens (including phenoxy) is 1. The van der Waals surface area contributed by atoms with E-state index in [-0.39, 0.29) is 11.7 Å². The van der Waals surface area contributed by atoms with E-state index in [0.717, 1.165) is 37.7 Å². The van der Waals surface area contributed by atoms with E-state index < -0.39 is 0 Å². The van der Waals surface area contributed by atoms with E-state index in [0.29, 0.717) is 18.7 Å². The van der Waals surface area contributed by atoms with Gasteiger partial charge in [-0.3, -0.25) is 4.79 Å². The lowest BCUT2D eigenvalue weighted by Gasteiger charge is -2.08. The molecule has 0 aliphatic carbocycles. The number of methoxy groups -OCH3 is 1. The van der Waals surface area contributed by atoms with Gasteiger partial charge in [0.1, 0.15) is 0 Å². The van der Waals surface area contributed by atoms with Crippen molar-refractivity contribution in [1.82, 2.24) is 5.32 Å². The third kappa shape index (κ3) is 12.9. The van der Waals surface area contributed by atoms with Crippen LogP contribution in [0, 0.1) is 0 Å². The van der Waals surface area contributed by atoms with Crippen LogP contribution in [-0.2, 0) is 11.3 Å². The van der Waals surface area contributed by atoms with Crippen molar-refractivity contribution < 1.29 is 14.6 Å². The van der Waals surface area contributed by atoms with Gasteiger partial charge in [0.05, 0.1) is 7.11 Å². The molecule has 0 atom stereocenters. The molecule has 0 saturated carbocycles. The molecule has 0 fully saturated rings. The van der Waals surface area contributed by atoms with Gasteiger partial charge in [0.25, 0.3) is 0 Å². The molecule has 1 aromatic rings. The highest BCUT2D eigenvalue weighted by atomic mass is 16.5. The first-order valence-corrected chi connectivity index (χ1v) is 11.2. The fraction of sp³-hybridized carbons (Fsp3) is 0.500. The summed E-state index contributed by atoms with van der Waals surface area (Å²) in [5.41, 5.74) is 0.904. The molecule has 4 nitrogen and oxygen atoms in total. The fourth-order valence-corrected chi connectivity index (χ4v) is 2.96. The molecule has 30 heavy (non-hydrogen) atoms. The van der Waals surface area contributed by atoms with E-state index in [1.54, 1.807) is 18.2 Å². The number of phenols is 1. The van der Waals surface area contributed by atoms with Crippen molar-refractivity contribution in [1.29, 1.82) is 0 Å². The maximum absolute atomic E-state index is 11.9. The van der Waals surface area contributed by atoms with Gasteiger partial charge in [0.15, 0.2) is 11.5 Å². The Hall–Kier alpha value is -2.49. The molecular formula is C26H39NO3. The molecule has 1 amide bonds. The average Bonchev–Trinajstić information content (AvgIpc) is 2.75. The maximum Gasteiger partial charge on any atom is 0.220 e. The number of carbonyl (C=O) groups excluding carboxylic acids is 1. The molecule has 2 N–H and O–H groups in total. The summed E-state index contributed by atoms with van der Waals surface area (Å²) in [5, 5.41) is 12.5. The Morgan fingerprint density at radius 3 is 2.23 bits per heavy atom. The number of allylic oxidation sites excluding steroid dienone is 6. The second-order valence-corrected chi connectivity index (χ2v) is 7.41. The second kappa shape index (κ2) is 17.4. The highest BCUT2D eigenvalue weighted by molar-refractivity contribution is 5.75. The zero-order valence-electron chi connectivity index (χ0n) is 18.7. The van der Waals surface area contributed by atoms with E-state index in [4.69, 9.17) is 4.74 Å². The molecular weight excluding hydrogens is 374 g/mol. The van der Waals surface area contributed by atoms with Crippen LogP contribution in [0.1, 0.15) is 76.7 Å².